The van der Waals surface area contributed by atoms with Crippen LogP contribution in [0.25, 0.3) is 0 Å². The third kappa shape index (κ3) is 9.76. The van der Waals surface area contributed by atoms with Gasteiger partial charge >= 0.3 is 0 Å². The summed E-state index contributed by atoms with van der Waals surface area (Å²) in [7, 11) is 0. The molecule has 0 radical (unpaired) electrons. The Bertz CT molecular complexity index is 106. The minimum Gasteiger partial charge on any atom is -0.394 e. The van der Waals surface area contributed by atoms with E-state index in [2.05, 4.69) is 0 Å². The first-order valence-electron chi connectivity index (χ1n) is 4.65. The van der Waals surface area contributed by atoms with Crippen molar-refractivity contribution in [2.75, 3.05) is 26.4 Å². The van der Waals surface area contributed by atoms with Crippen LogP contribution in [-0.2, 0) is 9.47 Å². The van der Waals surface area contributed by atoms with Crippen molar-refractivity contribution in [3.8, 4) is 0 Å². The van der Waals surface area contributed by atoms with E-state index in [1.165, 1.54) is 0 Å². The molecule has 0 rings (SSSR count). The van der Waals surface area contributed by atoms with Gasteiger partial charge in [-0.25, -0.2) is 0 Å². The summed E-state index contributed by atoms with van der Waals surface area (Å²) in [5, 5.41) is 17.5. The highest BCUT2D eigenvalue weighted by molar-refractivity contribution is 4.46. The number of rotatable bonds is 8. The Labute approximate surface area is 79.5 Å². The Hall–Kier alpha value is -0.160. The van der Waals surface area contributed by atoms with Crippen LogP contribution in [0.15, 0.2) is 0 Å². The molecular weight excluding hydrogens is 172 g/mol. The van der Waals surface area contributed by atoms with Gasteiger partial charge in [0.15, 0.2) is 0 Å². The van der Waals surface area contributed by atoms with Crippen LogP contribution in [0.4, 0.5) is 0 Å². The molecule has 0 saturated carbocycles. The summed E-state index contributed by atoms with van der Waals surface area (Å²) >= 11 is 0. The van der Waals surface area contributed by atoms with E-state index in [4.69, 9.17) is 19.7 Å². The van der Waals surface area contributed by atoms with Gasteiger partial charge in [0.25, 0.3) is 0 Å². The van der Waals surface area contributed by atoms with Crippen molar-refractivity contribution in [2.24, 2.45) is 0 Å². The van der Waals surface area contributed by atoms with Crippen molar-refractivity contribution in [3.63, 3.8) is 0 Å². The Balaban J connectivity index is 2.99. The summed E-state index contributed by atoms with van der Waals surface area (Å²) < 4.78 is 10.3. The summed E-state index contributed by atoms with van der Waals surface area (Å²) in [4.78, 5) is 0. The first kappa shape index (κ1) is 12.8. The number of aliphatic hydroxyl groups is 2. The summed E-state index contributed by atoms with van der Waals surface area (Å²) in [6.45, 7) is 5.12. The molecule has 0 aromatic heterocycles. The highest BCUT2D eigenvalue weighted by Crippen LogP contribution is 1.92. The molecule has 80 valence electrons. The lowest BCUT2D eigenvalue weighted by Gasteiger charge is -2.10. The maximum Gasteiger partial charge on any atom is 0.0778 e. The largest absolute Gasteiger partial charge is 0.394 e. The van der Waals surface area contributed by atoms with Crippen molar-refractivity contribution < 1.29 is 19.7 Å². The van der Waals surface area contributed by atoms with Crippen LogP contribution in [0, 0.1) is 0 Å². The number of aliphatic hydroxyl groups excluding tert-OH is 2. The standard InChI is InChI=1S/C9H20O4/c1-8(11)3-4-12-5-6-13-9(2)7-10/h8-11H,3-7H2,1-2H3. The van der Waals surface area contributed by atoms with Gasteiger partial charge in [-0.05, 0) is 20.3 Å². The summed E-state index contributed by atoms with van der Waals surface area (Å²) in [6.07, 6.45) is 0.216. The van der Waals surface area contributed by atoms with E-state index in [9.17, 15) is 0 Å². The number of hydrogen-bond donors (Lipinski definition) is 2. The van der Waals surface area contributed by atoms with E-state index >= 15 is 0 Å². The third-order valence-corrected chi connectivity index (χ3v) is 1.57. The molecule has 0 heterocycles. The van der Waals surface area contributed by atoms with Gasteiger partial charge in [0.2, 0.25) is 0 Å². The molecule has 0 aliphatic heterocycles. The van der Waals surface area contributed by atoms with Crippen LogP contribution >= 0.6 is 0 Å². The quantitative estimate of drug-likeness (QED) is 0.538. The molecule has 0 aromatic carbocycles. The van der Waals surface area contributed by atoms with Crippen LogP contribution in [0.1, 0.15) is 20.3 Å². The predicted molar refractivity (Wildman–Crippen MR) is 49.6 cm³/mol. The SMILES string of the molecule is CC(O)CCOCCOC(C)CO. The van der Waals surface area contributed by atoms with E-state index in [1.807, 2.05) is 0 Å². The average Bonchev–Trinajstić information content (AvgIpc) is 2.10. The predicted octanol–water partition coefficient (Wildman–Crippen LogP) is 0.171. The van der Waals surface area contributed by atoms with Gasteiger partial charge in [-0.15, -0.1) is 0 Å². The average molecular weight is 192 g/mol. The molecule has 2 N–H and O–H groups in total. The zero-order chi connectivity index (χ0) is 10.1. The second-order valence-corrected chi connectivity index (χ2v) is 3.11. The summed E-state index contributed by atoms with van der Waals surface area (Å²) in [6, 6.07) is 0. The fourth-order valence-corrected chi connectivity index (χ4v) is 0.717. The maximum atomic E-state index is 8.89. The topological polar surface area (TPSA) is 58.9 Å². The molecule has 0 fully saturated rings. The van der Waals surface area contributed by atoms with Crippen LogP contribution in [-0.4, -0.2) is 48.8 Å². The lowest BCUT2D eigenvalue weighted by atomic mass is 10.3. The van der Waals surface area contributed by atoms with Crippen LogP contribution in [0.2, 0.25) is 0 Å². The molecule has 0 aliphatic rings. The highest BCUT2D eigenvalue weighted by atomic mass is 16.5. The van der Waals surface area contributed by atoms with Gasteiger partial charge in [-0.1, -0.05) is 0 Å². The molecule has 0 aliphatic carbocycles. The van der Waals surface area contributed by atoms with Crippen LogP contribution < -0.4 is 0 Å². The smallest absolute Gasteiger partial charge is 0.0778 e. The van der Waals surface area contributed by atoms with Gasteiger partial charge in [-0.2, -0.15) is 0 Å². The molecule has 0 amide bonds. The van der Waals surface area contributed by atoms with E-state index in [0.29, 0.717) is 26.2 Å². The van der Waals surface area contributed by atoms with E-state index < -0.39 is 0 Å². The van der Waals surface area contributed by atoms with Crippen LogP contribution in [0.5, 0.6) is 0 Å². The Kier molecular flexibility index (Phi) is 8.33. The van der Waals surface area contributed by atoms with E-state index in [1.54, 1.807) is 13.8 Å². The second kappa shape index (κ2) is 8.44. The zero-order valence-electron chi connectivity index (χ0n) is 8.40. The van der Waals surface area contributed by atoms with Crippen LogP contribution in [0.3, 0.4) is 0 Å². The fraction of sp³-hybridized carbons (Fsp3) is 1.00. The highest BCUT2D eigenvalue weighted by Gasteiger charge is 1.99. The minimum atomic E-state index is -0.308. The van der Waals surface area contributed by atoms with Gasteiger partial charge in [0.05, 0.1) is 32.0 Å². The Morgan fingerprint density at radius 2 is 1.85 bits per heavy atom. The van der Waals surface area contributed by atoms with E-state index in [-0.39, 0.29) is 18.8 Å². The lowest BCUT2D eigenvalue weighted by Crippen LogP contribution is -2.17. The maximum absolute atomic E-state index is 8.89. The molecule has 0 saturated heterocycles. The van der Waals surface area contributed by atoms with Crippen molar-refractivity contribution in [3.05, 3.63) is 0 Å². The molecule has 0 aromatic rings. The Morgan fingerprint density at radius 3 is 2.38 bits per heavy atom. The monoisotopic (exact) mass is 192 g/mol. The van der Waals surface area contributed by atoms with Crippen molar-refractivity contribution >= 4 is 0 Å². The van der Waals surface area contributed by atoms with Crippen molar-refractivity contribution in [1.82, 2.24) is 0 Å². The molecule has 13 heavy (non-hydrogen) atoms. The minimum absolute atomic E-state index is 0.0354. The molecule has 2 unspecified atom stereocenters. The lowest BCUT2D eigenvalue weighted by molar-refractivity contribution is -0.0143. The fourth-order valence-electron chi connectivity index (χ4n) is 0.717. The van der Waals surface area contributed by atoms with Gasteiger partial charge in [0.1, 0.15) is 0 Å². The van der Waals surface area contributed by atoms with Gasteiger partial charge in [-0.3, -0.25) is 0 Å². The molecule has 2 atom stereocenters. The van der Waals surface area contributed by atoms with E-state index in [0.717, 1.165) is 0 Å². The van der Waals surface area contributed by atoms with Crippen molar-refractivity contribution in [1.29, 1.82) is 0 Å². The van der Waals surface area contributed by atoms with Crippen molar-refractivity contribution in [2.45, 2.75) is 32.5 Å². The number of hydrogen-bond acceptors (Lipinski definition) is 4. The van der Waals surface area contributed by atoms with Gasteiger partial charge in [0, 0.05) is 6.61 Å². The third-order valence-electron chi connectivity index (χ3n) is 1.57. The number of ether oxygens (including phenoxy) is 2. The molecule has 4 nitrogen and oxygen atoms in total. The zero-order valence-corrected chi connectivity index (χ0v) is 8.40. The molecule has 4 heteroatoms. The first-order chi connectivity index (χ1) is 6.16. The molecule has 0 spiro atoms. The van der Waals surface area contributed by atoms with Gasteiger partial charge < -0.3 is 19.7 Å². The normalized spacial score (nSPS) is 15.7. The first-order valence-corrected chi connectivity index (χ1v) is 4.65. The molecule has 0 bridgehead atoms. The molecular formula is C9H20O4. The summed E-state index contributed by atoms with van der Waals surface area (Å²) in [5.41, 5.74) is 0. The second-order valence-electron chi connectivity index (χ2n) is 3.11. The summed E-state index contributed by atoms with van der Waals surface area (Å²) in [5.74, 6) is 0. The Morgan fingerprint density at radius 1 is 1.15 bits per heavy atom.